The van der Waals surface area contributed by atoms with E-state index in [-0.39, 0.29) is 27.9 Å². The third kappa shape index (κ3) is 10.6. The molecule has 0 radical (unpaired) electrons. The van der Waals surface area contributed by atoms with E-state index in [0.717, 1.165) is 106 Å². The molecule has 0 bridgehead atoms. The molecule has 3 aliphatic heterocycles. The number of likely N-dealkylation sites (N-methyl/N-ethyl adjacent to an activating group) is 1. The number of carbonyl (C=O) groups is 1. The first-order valence-corrected chi connectivity index (χ1v) is 24.0. The number of hydrogen-bond donors (Lipinski definition) is 2. The van der Waals surface area contributed by atoms with Crippen molar-refractivity contribution in [2.45, 2.75) is 47.7 Å². The van der Waals surface area contributed by atoms with Crippen LogP contribution in [0.5, 0.6) is 0 Å². The maximum absolute atomic E-state index is 13.6. The van der Waals surface area contributed by atoms with Crippen molar-refractivity contribution < 1.29 is 18.1 Å². The minimum Gasteiger partial charge on any atom is -0.376 e. The topological polar surface area (TPSA) is 131 Å². The number of nitrogens with one attached hydrogen (secondary N) is 2. The van der Waals surface area contributed by atoms with Gasteiger partial charge in [-0.1, -0.05) is 66.2 Å². The summed E-state index contributed by atoms with van der Waals surface area (Å²) in [6, 6.07) is 35.7. The van der Waals surface area contributed by atoms with Crippen LogP contribution in [0.15, 0.2) is 125 Å². The second-order valence-electron chi connectivity index (χ2n) is 16.4. The lowest BCUT2D eigenvalue weighted by atomic mass is 9.92. The maximum atomic E-state index is 13.6. The van der Waals surface area contributed by atoms with E-state index in [4.69, 9.17) is 11.6 Å². The molecular formula is C47H52ClN7O5S2. The fourth-order valence-corrected chi connectivity index (χ4v) is 10.8. The number of nitro groups is 1. The molecule has 8 rings (SSSR count). The van der Waals surface area contributed by atoms with Crippen molar-refractivity contribution >= 4 is 56.4 Å². The number of anilines is 2. The molecule has 0 spiro atoms. The van der Waals surface area contributed by atoms with Crippen LogP contribution in [0.2, 0.25) is 5.02 Å². The molecule has 1 amide bonds. The van der Waals surface area contributed by atoms with Crippen molar-refractivity contribution in [3.05, 3.63) is 147 Å². The number of rotatable bonds is 15. The van der Waals surface area contributed by atoms with Gasteiger partial charge in [0.1, 0.15) is 5.69 Å². The summed E-state index contributed by atoms with van der Waals surface area (Å²) in [6.07, 6.45) is 2.40. The van der Waals surface area contributed by atoms with Gasteiger partial charge in [0.05, 0.1) is 9.82 Å². The Kier molecular flexibility index (Phi) is 13.8. The van der Waals surface area contributed by atoms with Crippen molar-refractivity contribution in [2.24, 2.45) is 0 Å². The summed E-state index contributed by atoms with van der Waals surface area (Å²) in [5, 5.41) is 16.5. The molecule has 2 fully saturated rings. The Labute approximate surface area is 373 Å². The summed E-state index contributed by atoms with van der Waals surface area (Å²) in [5.74, 6) is -0.130. The third-order valence-corrected chi connectivity index (χ3v) is 14.9. The molecule has 5 aromatic rings. The molecule has 12 nitrogen and oxygen atoms in total. The number of piperazine rings is 2. The van der Waals surface area contributed by atoms with Gasteiger partial charge in [0.25, 0.3) is 21.6 Å². The van der Waals surface area contributed by atoms with Crippen LogP contribution in [0.25, 0.3) is 11.1 Å². The Morgan fingerprint density at radius 2 is 1.63 bits per heavy atom. The highest BCUT2D eigenvalue weighted by Gasteiger charge is 2.33. The number of carbonyl (C=O) groups excluding carboxylic acids is 1. The van der Waals surface area contributed by atoms with Gasteiger partial charge < -0.3 is 20.0 Å². The van der Waals surface area contributed by atoms with Gasteiger partial charge in [0.2, 0.25) is 0 Å². The van der Waals surface area contributed by atoms with Crippen LogP contribution in [-0.4, -0.2) is 111 Å². The normalized spacial score (nSPS) is 17.8. The Bertz CT molecular complexity index is 2490. The SMILES string of the molecule is CN1CCN(CCC(CSc2ccccc2)Nc2ccc(S(=O)(=O)NC(=O)c3ccc4c(c3)CC[C@@H]3CN(Cc5ccccc5-c5ccc(Cl)cc5)CCN43)cc2[N+](=O)[O-])CC1. The van der Waals surface area contributed by atoms with E-state index in [1.807, 2.05) is 48.5 Å². The van der Waals surface area contributed by atoms with Gasteiger partial charge in [-0.2, -0.15) is 0 Å². The molecule has 5 aromatic carbocycles. The fraction of sp³-hybridized carbons (Fsp3) is 0.340. The van der Waals surface area contributed by atoms with Crippen molar-refractivity contribution in [3.8, 4) is 11.1 Å². The average Bonchev–Trinajstić information content (AvgIpc) is 3.28. The predicted octanol–water partition coefficient (Wildman–Crippen LogP) is 7.88. The quantitative estimate of drug-likeness (QED) is 0.0605. The van der Waals surface area contributed by atoms with Crippen LogP contribution in [-0.2, 0) is 23.0 Å². The van der Waals surface area contributed by atoms with E-state index in [1.165, 1.54) is 23.3 Å². The summed E-state index contributed by atoms with van der Waals surface area (Å²) >= 11 is 7.83. The lowest BCUT2D eigenvalue weighted by Gasteiger charge is -2.46. The smallest absolute Gasteiger partial charge is 0.293 e. The second-order valence-corrected chi connectivity index (χ2v) is 19.6. The highest BCUT2D eigenvalue weighted by atomic mass is 35.5. The highest BCUT2D eigenvalue weighted by Crippen LogP contribution is 2.35. The van der Waals surface area contributed by atoms with Gasteiger partial charge >= 0.3 is 0 Å². The number of halogens is 1. The number of benzene rings is 5. The van der Waals surface area contributed by atoms with E-state index in [0.29, 0.717) is 16.8 Å². The van der Waals surface area contributed by atoms with E-state index in [9.17, 15) is 23.3 Å². The molecule has 15 heteroatoms. The Morgan fingerprint density at radius 3 is 2.40 bits per heavy atom. The van der Waals surface area contributed by atoms with Crippen LogP contribution >= 0.6 is 23.4 Å². The van der Waals surface area contributed by atoms with Gasteiger partial charge in [-0.25, -0.2) is 13.1 Å². The number of hydrogen-bond acceptors (Lipinski definition) is 11. The Hall–Kier alpha value is -4.96. The molecule has 0 aromatic heterocycles. The highest BCUT2D eigenvalue weighted by molar-refractivity contribution is 7.99. The van der Waals surface area contributed by atoms with Crippen molar-refractivity contribution in [3.63, 3.8) is 0 Å². The average molecular weight is 895 g/mol. The number of amides is 1. The van der Waals surface area contributed by atoms with Crippen LogP contribution in [0.1, 0.15) is 34.3 Å². The predicted molar refractivity (Wildman–Crippen MR) is 249 cm³/mol. The second kappa shape index (κ2) is 19.6. The Morgan fingerprint density at radius 1 is 0.887 bits per heavy atom. The number of nitrogens with zero attached hydrogens (tertiary/aromatic N) is 5. The standard InChI is InChI=1S/C47H52ClN7O5S2/c1-51-23-25-52(26-24-51)22-21-39(33-61-41-8-3-2-4-9-41)49-44-19-18-42(30-46(44)55(57)58)62(59,60)50-47(56)36-14-20-45-35(29-36)13-17-40-32-53(27-28-54(40)45)31-37-7-5-6-10-43(37)34-11-15-38(48)16-12-34/h2-12,14-16,18-20,29-30,39-40,49H,13,17,21-28,31-33H2,1H3,(H,50,56)/t39?,40-/m1/s1. The summed E-state index contributed by atoms with van der Waals surface area (Å²) in [6.45, 7) is 8.16. The van der Waals surface area contributed by atoms with Crippen LogP contribution in [0, 0.1) is 10.1 Å². The molecule has 3 heterocycles. The third-order valence-electron chi connectivity index (χ3n) is 12.2. The van der Waals surface area contributed by atoms with Crippen LogP contribution in [0.3, 0.4) is 0 Å². The first-order chi connectivity index (χ1) is 30.0. The zero-order chi connectivity index (χ0) is 43.2. The van der Waals surface area contributed by atoms with Gasteiger partial charge in [0, 0.05) is 104 Å². The number of sulfonamides is 1. The monoisotopic (exact) mass is 893 g/mol. The summed E-state index contributed by atoms with van der Waals surface area (Å²) in [7, 11) is -2.33. The van der Waals surface area contributed by atoms with E-state index >= 15 is 0 Å². The summed E-state index contributed by atoms with van der Waals surface area (Å²) in [5.41, 5.74) is 5.73. The summed E-state index contributed by atoms with van der Waals surface area (Å²) < 4.78 is 29.4. The first-order valence-electron chi connectivity index (χ1n) is 21.2. The van der Waals surface area contributed by atoms with Gasteiger partial charge in [-0.3, -0.25) is 19.8 Å². The van der Waals surface area contributed by atoms with Crippen molar-refractivity contribution in [2.75, 3.05) is 75.4 Å². The van der Waals surface area contributed by atoms with E-state index in [2.05, 4.69) is 73.1 Å². The molecule has 2 saturated heterocycles. The maximum Gasteiger partial charge on any atom is 0.293 e. The van der Waals surface area contributed by atoms with E-state index < -0.39 is 20.9 Å². The van der Waals surface area contributed by atoms with Crippen LogP contribution < -0.4 is 14.9 Å². The van der Waals surface area contributed by atoms with E-state index in [1.54, 1.807) is 23.9 Å². The number of aryl methyl sites for hydroxylation is 1. The zero-order valence-corrected chi connectivity index (χ0v) is 37.2. The number of nitro benzene ring substituents is 1. The summed E-state index contributed by atoms with van der Waals surface area (Å²) in [4.78, 5) is 35.7. The molecule has 0 aliphatic carbocycles. The zero-order valence-electron chi connectivity index (χ0n) is 34.8. The molecule has 3 aliphatic rings. The minimum atomic E-state index is -4.45. The van der Waals surface area contributed by atoms with Crippen molar-refractivity contribution in [1.29, 1.82) is 0 Å². The molecule has 1 unspecified atom stereocenters. The molecular weight excluding hydrogens is 842 g/mol. The van der Waals surface area contributed by atoms with Gasteiger partial charge in [-0.05, 0) is 103 Å². The molecule has 324 valence electrons. The van der Waals surface area contributed by atoms with Gasteiger partial charge in [0.15, 0.2) is 0 Å². The number of fused-ring (bicyclic) bond motifs is 3. The molecule has 2 N–H and O–H groups in total. The minimum absolute atomic E-state index is 0.132. The molecule has 2 atom stereocenters. The fourth-order valence-electron chi connectivity index (χ4n) is 8.70. The van der Waals surface area contributed by atoms with Crippen LogP contribution in [0.4, 0.5) is 17.1 Å². The largest absolute Gasteiger partial charge is 0.376 e. The molecule has 62 heavy (non-hydrogen) atoms. The lowest BCUT2D eigenvalue weighted by Crippen LogP contribution is -2.54. The van der Waals surface area contributed by atoms with Gasteiger partial charge in [-0.15, -0.1) is 11.8 Å². The number of thioether (sulfide) groups is 1. The molecule has 0 saturated carbocycles. The van der Waals surface area contributed by atoms with Crippen molar-refractivity contribution in [1.82, 2.24) is 19.4 Å². The Balaban J connectivity index is 0.912. The lowest BCUT2D eigenvalue weighted by molar-refractivity contribution is -0.384. The first kappa shape index (κ1) is 43.7.